The van der Waals surface area contributed by atoms with E-state index in [1.54, 1.807) is 0 Å². The molecular formula is C34H44N4S+2. The molecule has 0 fully saturated rings. The largest absolute Gasteiger partial charge is 0.255 e. The van der Waals surface area contributed by atoms with Crippen molar-refractivity contribution in [3.8, 4) is 22.5 Å². The second-order valence-electron chi connectivity index (χ2n) is 10.6. The van der Waals surface area contributed by atoms with E-state index in [4.69, 9.17) is 0 Å². The summed E-state index contributed by atoms with van der Waals surface area (Å²) in [6, 6.07) is 17.3. The van der Waals surface area contributed by atoms with Crippen LogP contribution in [0.5, 0.6) is 0 Å². The molecule has 4 rings (SSSR count). The monoisotopic (exact) mass is 540 g/mol. The van der Waals surface area contributed by atoms with E-state index >= 15 is 0 Å². The minimum Gasteiger partial charge on any atom is -0.255 e. The quantitative estimate of drug-likeness (QED) is 0.0914. The molecule has 0 aliphatic carbocycles. The summed E-state index contributed by atoms with van der Waals surface area (Å²) in [4.78, 5) is 9.00. The summed E-state index contributed by atoms with van der Waals surface area (Å²) in [6.45, 7) is 4.15. The van der Waals surface area contributed by atoms with E-state index in [9.17, 15) is 0 Å². The molecule has 0 aliphatic rings. The van der Waals surface area contributed by atoms with Gasteiger partial charge in [-0.3, -0.25) is 9.97 Å². The van der Waals surface area contributed by atoms with Crippen molar-refractivity contribution in [2.45, 2.75) is 84.2 Å². The average Bonchev–Trinajstić information content (AvgIpc) is 2.97. The highest BCUT2D eigenvalue weighted by atomic mass is 32.1. The third kappa shape index (κ3) is 9.89. The molecule has 0 bridgehead atoms. The van der Waals surface area contributed by atoms with Crippen LogP contribution in [-0.4, -0.2) is 15.7 Å². The van der Waals surface area contributed by atoms with Crippen LogP contribution in [-0.2, 0) is 19.5 Å². The normalized spacial score (nSPS) is 11.1. The lowest BCUT2D eigenvalue weighted by molar-refractivity contribution is -0.697. The van der Waals surface area contributed by atoms with Gasteiger partial charge in [-0.1, -0.05) is 38.5 Å². The molecule has 0 atom stereocenters. The molecule has 0 aliphatic heterocycles. The Morgan fingerprint density at radius 3 is 1.69 bits per heavy atom. The van der Waals surface area contributed by atoms with Gasteiger partial charge in [-0.05, 0) is 72.7 Å². The third-order valence-corrected chi connectivity index (χ3v) is 7.56. The molecule has 0 spiro atoms. The molecule has 4 nitrogen and oxygen atoms in total. The fourth-order valence-corrected chi connectivity index (χ4v) is 5.25. The number of aromatic nitrogens is 4. The van der Waals surface area contributed by atoms with Crippen LogP contribution >= 0.6 is 12.6 Å². The molecular weight excluding hydrogens is 496 g/mol. The van der Waals surface area contributed by atoms with Gasteiger partial charge in [-0.2, -0.15) is 12.6 Å². The van der Waals surface area contributed by atoms with Crippen LogP contribution < -0.4 is 9.13 Å². The fourth-order valence-electron chi connectivity index (χ4n) is 5.02. The summed E-state index contributed by atoms with van der Waals surface area (Å²) < 4.78 is 4.49. The smallest absolute Gasteiger partial charge is 0.169 e. The van der Waals surface area contributed by atoms with Gasteiger partial charge in [0.05, 0.1) is 11.4 Å². The molecule has 39 heavy (non-hydrogen) atoms. The minimum atomic E-state index is 0.859. The fraction of sp³-hybridized carbons (Fsp3) is 0.412. The van der Waals surface area contributed by atoms with Crippen molar-refractivity contribution in [3.05, 3.63) is 96.8 Å². The Kier molecular flexibility index (Phi) is 12.0. The van der Waals surface area contributed by atoms with Crippen LogP contribution in [0.25, 0.3) is 22.5 Å². The van der Waals surface area contributed by atoms with Gasteiger partial charge in [0.2, 0.25) is 0 Å². The van der Waals surface area contributed by atoms with Gasteiger partial charge in [-0.25, -0.2) is 9.13 Å². The second-order valence-corrected chi connectivity index (χ2v) is 11.0. The Morgan fingerprint density at radius 1 is 0.590 bits per heavy atom. The van der Waals surface area contributed by atoms with Crippen molar-refractivity contribution in [2.24, 2.45) is 0 Å². The zero-order valence-corrected chi connectivity index (χ0v) is 24.4. The number of pyridine rings is 4. The van der Waals surface area contributed by atoms with Crippen LogP contribution in [0.3, 0.4) is 0 Å². The lowest BCUT2D eigenvalue weighted by Gasteiger charge is -2.06. The molecule has 0 radical (unpaired) electrons. The van der Waals surface area contributed by atoms with Gasteiger partial charge in [0.1, 0.15) is 6.54 Å². The van der Waals surface area contributed by atoms with E-state index in [2.05, 4.69) is 106 Å². The number of hydrogen-bond acceptors (Lipinski definition) is 3. The van der Waals surface area contributed by atoms with Crippen LogP contribution in [0, 0.1) is 6.92 Å². The topological polar surface area (TPSA) is 33.5 Å². The van der Waals surface area contributed by atoms with E-state index in [0.717, 1.165) is 36.7 Å². The lowest BCUT2D eigenvalue weighted by Crippen LogP contribution is -2.33. The van der Waals surface area contributed by atoms with Gasteiger partial charge in [0.15, 0.2) is 31.3 Å². The summed E-state index contributed by atoms with van der Waals surface area (Å²) in [5.74, 6) is 0.859. The SMILES string of the molecule is Cc1ccnc(-c2cc(CCCCCCCCCCC[n+]3ccc(-c4cc[n+](CCS)cc4)cc3)ccn2)c1. The Labute approximate surface area is 240 Å². The first-order valence-corrected chi connectivity index (χ1v) is 15.3. The van der Waals surface area contributed by atoms with E-state index in [0.29, 0.717) is 0 Å². The summed E-state index contributed by atoms with van der Waals surface area (Å²) in [6.07, 6.45) is 25.5. The lowest BCUT2D eigenvalue weighted by atomic mass is 10.0. The predicted octanol–water partition coefficient (Wildman–Crippen LogP) is 7.38. The number of hydrogen-bond donors (Lipinski definition) is 1. The highest BCUT2D eigenvalue weighted by molar-refractivity contribution is 7.80. The highest BCUT2D eigenvalue weighted by Crippen LogP contribution is 2.19. The molecule has 204 valence electrons. The first kappa shape index (κ1) is 28.9. The maximum absolute atomic E-state index is 4.52. The minimum absolute atomic E-state index is 0.859. The zero-order chi connectivity index (χ0) is 27.1. The molecule has 4 heterocycles. The number of thiol groups is 1. The average molecular weight is 541 g/mol. The second kappa shape index (κ2) is 16.1. The first-order valence-electron chi connectivity index (χ1n) is 14.7. The summed E-state index contributed by atoms with van der Waals surface area (Å²) in [5, 5.41) is 0. The summed E-state index contributed by atoms with van der Waals surface area (Å²) in [7, 11) is 0. The highest BCUT2D eigenvalue weighted by Gasteiger charge is 2.06. The van der Waals surface area contributed by atoms with Crippen molar-refractivity contribution in [1.29, 1.82) is 0 Å². The molecule has 5 heteroatoms. The molecule has 0 saturated carbocycles. The van der Waals surface area contributed by atoms with E-state index in [1.165, 1.54) is 80.0 Å². The molecule has 0 saturated heterocycles. The molecule has 4 aromatic rings. The predicted molar refractivity (Wildman–Crippen MR) is 164 cm³/mol. The van der Waals surface area contributed by atoms with E-state index in [1.807, 2.05) is 18.5 Å². The summed E-state index contributed by atoms with van der Waals surface area (Å²) >= 11 is 4.30. The maximum Gasteiger partial charge on any atom is 0.169 e. The molecule has 0 unspecified atom stereocenters. The zero-order valence-electron chi connectivity index (χ0n) is 23.5. The molecule has 0 aromatic carbocycles. The van der Waals surface area contributed by atoms with E-state index in [-0.39, 0.29) is 0 Å². The Hall–Kier alpha value is -3.05. The standard InChI is InChI=1S/C34H43N4S/c1-29-12-18-35-33(27-29)34-28-30(13-19-36-34)11-9-7-5-3-2-4-6-8-10-20-37-21-14-31(15-22-37)32-16-23-38(24-17-32)25-26-39/h12-19,21-24,27-28H,2-11,20,25-26H2,1H3/q+1/p+1. The van der Waals surface area contributed by atoms with Crippen LogP contribution in [0.4, 0.5) is 0 Å². The van der Waals surface area contributed by atoms with Crippen molar-refractivity contribution in [3.63, 3.8) is 0 Å². The van der Waals surface area contributed by atoms with Gasteiger partial charge >= 0.3 is 0 Å². The van der Waals surface area contributed by atoms with Crippen molar-refractivity contribution < 1.29 is 9.13 Å². The number of nitrogens with zero attached hydrogens (tertiary/aromatic N) is 4. The van der Waals surface area contributed by atoms with E-state index < -0.39 is 0 Å². The van der Waals surface area contributed by atoms with Crippen molar-refractivity contribution >= 4 is 12.6 Å². The van der Waals surface area contributed by atoms with Gasteiger partial charge < -0.3 is 0 Å². The number of unbranched alkanes of at least 4 members (excludes halogenated alkanes) is 8. The van der Waals surface area contributed by atoms with Crippen LogP contribution in [0.1, 0.15) is 68.9 Å². The maximum atomic E-state index is 4.52. The number of rotatable bonds is 16. The van der Waals surface area contributed by atoms with Crippen molar-refractivity contribution in [2.75, 3.05) is 5.75 Å². The Morgan fingerprint density at radius 2 is 1.10 bits per heavy atom. The van der Waals surface area contributed by atoms with Crippen LogP contribution in [0.15, 0.2) is 85.7 Å². The summed E-state index contributed by atoms with van der Waals surface area (Å²) in [5.41, 5.74) is 7.08. The molecule has 4 aromatic heterocycles. The number of aryl methyl sites for hydroxylation is 4. The van der Waals surface area contributed by atoms with Crippen molar-refractivity contribution in [1.82, 2.24) is 9.97 Å². The Balaban J connectivity index is 1.03. The van der Waals surface area contributed by atoms with Gasteiger partial charge in [-0.15, -0.1) is 0 Å². The Bertz CT molecular complexity index is 1250. The van der Waals surface area contributed by atoms with Gasteiger partial charge in [0.25, 0.3) is 0 Å². The molecule has 0 amide bonds. The molecule has 0 N–H and O–H groups in total. The first-order chi connectivity index (χ1) is 19.2. The van der Waals surface area contributed by atoms with Crippen LogP contribution in [0.2, 0.25) is 0 Å². The third-order valence-electron chi connectivity index (χ3n) is 7.36. The van der Waals surface area contributed by atoms with Gasteiger partial charge in [0, 0.05) is 48.8 Å².